The average Bonchev–Trinajstić information content (AvgIpc) is 3.02. The monoisotopic (exact) mass is 368 g/mol. The van der Waals surface area contributed by atoms with Crippen molar-refractivity contribution in [3.8, 4) is 0 Å². The highest BCUT2D eigenvalue weighted by molar-refractivity contribution is 7.13. The summed E-state index contributed by atoms with van der Waals surface area (Å²) in [6.07, 6.45) is 0.549. The first-order valence-corrected chi connectivity index (χ1v) is 9.71. The van der Waals surface area contributed by atoms with Crippen molar-refractivity contribution in [2.24, 2.45) is 11.1 Å². The van der Waals surface area contributed by atoms with Gasteiger partial charge in [0.25, 0.3) is 0 Å². The van der Waals surface area contributed by atoms with Crippen molar-refractivity contribution in [2.45, 2.75) is 45.4 Å². The van der Waals surface area contributed by atoms with Gasteiger partial charge in [0.05, 0.1) is 25.0 Å². The maximum absolute atomic E-state index is 12.7. The Morgan fingerprint density at radius 1 is 1.52 bits per heavy atom. The Bertz CT molecular complexity index is 615. The largest absolute Gasteiger partial charge is 0.379 e. The van der Waals surface area contributed by atoms with Gasteiger partial charge >= 0.3 is 0 Å². The molecule has 1 aliphatic heterocycles. The zero-order valence-corrected chi connectivity index (χ0v) is 16.0. The predicted molar refractivity (Wildman–Crippen MR) is 97.6 cm³/mol. The summed E-state index contributed by atoms with van der Waals surface area (Å²) in [6.45, 7) is 10.7. The number of thiazole rings is 1. The summed E-state index contributed by atoms with van der Waals surface area (Å²) in [5.74, 6) is -0.180. The van der Waals surface area contributed by atoms with Gasteiger partial charge in [-0.2, -0.15) is 0 Å². The molecule has 3 N–H and O–H groups in total. The molecule has 1 saturated heterocycles. The van der Waals surface area contributed by atoms with E-state index in [4.69, 9.17) is 15.2 Å². The molecule has 0 spiro atoms. The highest BCUT2D eigenvalue weighted by atomic mass is 32.1. The molecule has 140 valence electrons. The van der Waals surface area contributed by atoms with Gasteiger partial charge in [-0.15, -0.1) is 11.3 Å². The topological polar surface area (TPSA) is 89.7 Å². The quantitative estimate of drug-likeness (QED) is 0.790. The molecule has 3 rings (SSSR count). The third kappa shape index (κ3) is 3.59. The number of hydrogen-bond donors (Lipinski definition) is 2. The summed E-state index contributed by atoms with van der Waals surface area (Å²) in [6, 6.07) is 0. The fraction of sp³-hybridized carbons (Fsp3) is 0.765. The lowest BCUT2D eigenvalue weighted by Crippen LogP contribution is -2.74. The van der Waals surface area contributed by atoms with Crippen LogP contribution >= 0.6 is 11.3 Å². The highest BCUT2D eigenvalue weighted by Gasteiger charge is 2.63. The van der Waals surface area contributed by atoms with Gasteiger partial charge in [0, 0.05) is 43.5 Å². The highest BCUT2D eigenvalue weighted by Crippen LogP contribution is 2.50. The number of carbonyl (C=O) groups is 1. The van der Waals surface area contributed by atoms with Gasteiger partial charge in [-0.1, -0.05) is 13.8 Å². The number of amides is 1. The molecule has 0 aromatic carbocycles. The Morgan fingerprint density at radius 2 is 2.24 bits per heavy atom. The lowest BCUT2D eigenvalue weighted by molar-refractivity contribution is -0.166. The van der Waals surface area contributed by atoms with E-state index in [1.54, 1.807) is 0 Å². The van der Waals surface area contributed by atoms with Crippen LogP contribution < -0.4 is 11.1 Å². The van der Waals surface area contributed by atoms with Crippen molar-refractivity contribution in [3.63, 3.8) is 0 Å². The third-order valence-corrected chi connectivity index (χ3v) is 6.30. The smallest absolute Gasteiger partial charge is 0.246 e. The van der Waals surface area contributed by atoms with Crippen molar-refractivity contribution >= 4 is 22.4 Å². The van der Waals surface area contributed by atoms with E-state index in [-0.39, 0.29) is 12.0 Å². The minimum atomic E-state index is -0.928. The second kappa shape index (κ2) is 7.28. The Labute approximate surface area is 152 Å². The average molecular weight is 369 g/mol. The lowest BCUT2D eigenvalue weighted by Gasteiger charge is -2.57. The predicted octanol–water partition coefficient (Wildman–Crippen LogP) is 1.45. The molecule has 0 bridgehead atoms. The molecule has 1 amide bonds. The molecule has 2 heterocycles. The zero-order chi connectivity index (χ0) is 18.1. The standard InChI is InChI=1S/C17H28N4O3S/c1-4-24-13-9-17(18,16(13,2)3)14(22)20-15-19-12(11-25-15)10-21-5-7-23-8-6-21/h11,13H,4-10,18H2,1-3H3,(H,19,20,22). The number of anilines is 1. The fourth-order valence-corrected chi connectivity index (χ4v) is 4.15. The Balaban J connectivity index is 1.58. The van der Waals surface area contributed by atoms with E-state index in [0.717, 1.165) is 38.5 Å². The summed E-state index contributed by atoms with van der Waals surface area (Å²) in [5.41, 5.74) is 6.05. The summed E-state index contributed by atoms with van der Waals surface area (Å²) in [5, 5.41) is 5.50. The maximum Gasteiger partial charge on any atom is 0.246 e. The molecule has 25 heavy (non-hydrogen) atoms. The number of rotatable bonds is 6. The van der Waals surface area contributed by atoms with Crippen molar-refractivity contribution in [2.75, 3.05) is 38.2 Å². The van der Waals surface area contributed by atoms with Gasteiger partial charge in [0.2, 0.25) is 5.91 Å². The van der Waals surface area contributed by atoms with Crippen LogP contribution in [0.1, 0.15) is 32.9 Å². The number of morpholine rings is 1. The fourth-order valence-electron chi connectivity index (χ4n) is 3.45. The molecule has 2 fully saturated rings. The van der Waals surface area contributed by atoms with Gasteiger partial charge in [-0.3, -0.25) is 9.69 Å². The van der Waals surface area contributed by atoms with E-state index < -0.39 is 11.0 Å². The van der Waals surface area contributed by atoms with Crippen LogP contribution in [0.4, 0.5) is 5.13 Å². The SMILES string of the molecule is CCOC1CC(N)(C(=O)Nc2nc(CN3CCOCC3)cs2)C1(C)C. The molecule has 2 aliphatic rings. The van der Waals surface area contributed by atoms with Crippen LogP contribution in [-0.2, 0) is 20.8 Å². The van der Waals surface area contributed by atoms with Crippen LogP contribution in [0.5, 0.6) is 0 Å². The molecule has 2 atom stereocenters. The minimum absolute atomic E-state index is 0.0152. The molecule has 1 aliphatic carbocycles. The van der Waals surface area contributed by atoms with Crippen LogP contribution in [0.2, 0.25) is 0 Å². The molecule has 2 unspecified atom stereocenters. The van der Waals surface area contributed by atoms with Crippen LogP contribution in [0.15, 0.2) is 5.38 Å². The van der Waals surface area contributed by atoms with Crippen LogP contribution in [0.25, 0.3) is 0 Å². The minimum Gasteiger partial charge on any atom is -0.379 e. The van der Waals surface area contributed by atoms with Crippen LogP contribution in [-0.4, -0.2) is 60.3 Å². The van der Waals surface area contributed by atoms with E-state index in [0.29, 0.717) is 18.2 Å². The Morgan fingerprint density at radius 3 is 2.88 bits per heavy atom. The number of nitrogens with one attached hydrogen (secondary N) is 1. The zero-order valence-electron chi connectivity index (χ0n) is 15.2. The van der Waals surface area contributed by atoms with E-state index >= 15 is 0 Å². The Kier molecular flexibility index (Phi) is 5.45. The van der Waals surface area contributed by atoms with Gasteiger partial charge in [0.15, 0.2) is 5.13 Å². The van der Waals surface area contributed by atoms with Crippen molar-refractivity contribution in [3.05, 3.63) is 11.1 Å². The third-order valence-electron chi connectivity index (χ3n) is 5.50. The number of ether oxygens (including phenoxy) is 2. The Hall–Kier alpha value is -1.06. The molecule has 1 saturated carbocycles. The lowest BCUT2D eigenvalue weighted by atomic mass is 9.54. The van der Waals surface area contributed by atoms with Gasteiger partial charge in [-0.25, -0.2) is 4.98 Å². The molecule has 8 heteroatoms. The second-order valence-corrected chi connectivity index (χ2v) is 8.19. The van der Waals surface area contributed by atoms with Gasteiger partial charge in [-0.05, 0) is 6.92 Å². The van der Waals surface area contributed by atoms with Crippen LogP contribution in [0.3, 0.4) is 0 Å². The summed E-state index contributed by atoms with van der Waals surface area (Å²) < 4.78 is 11.0. The number of aromatic nitrogens is 1. The molecular weight excluding hydrogens is 340 g/mol. The first-order valence-electron chi connectivity index (χ1n) is 8.83. The van der Waals surface area contributed by atoms with Gasteiger partial charge in [0.1, 0.15) is 5.54 Å². The van der Waals surface area contributed by atoms with Crippen LogP contribution in [0, 0.1) is 5.41 Å². The van der Waals surface area contributed by atoms with Gasteiger partial charge < -0.3 is 20.5 Å². The number of carbonyl (C=O) groups excluding carboxylic acids is 1. The van der Waals surface area contributed by atoms with Crippen molar-refractivity contribution in [1.82, 2.24) is 9.88 Å². The normalized spacial score (nSPS) is 29.2. The van der Waals surface area contributed by atoms with E-state index in [2.05, 4.69) is 15.2 Å². The summed E-state index contributed by atoms with van der Waals surface area (Å²) in [7, 11) is 0. The number of nitrogens with zero attached hydrogens (tertiary/aromatic N) is 2. The summed E-state index contributed by atoms with van der Waals surface area (Å²) >= 11 is 1.44. The number of hydrogen-bond acceptors (Lipinski definition) is 7. The first kappa shape index (κ1) is 18.7. The van der Waals surface area contributed by atoms with E-state index in [1.165, 1.54) is 11.3 Å². The van der Waals surface area contributed by atoms with E-state index in [1.807, 2.05) is 26.2 Å². The van der Waals surface area contributed by atoms with Crippen molar-refractivity contribution in [1.29, 1.82) is 0 Å². The van der Waals surface area contributed by atoms with E-state index in [9.17, 15) is 4.79 Å². The molecule has 7 nitrogen and oxygen atoms in total. The molecule has 1 aromatic heterocycles. The summed E-state index contributed by atoms with van der Waals surface area (Å²) in [4.78, 5) is 19.6. The molecule has 0 radical (unpaired) electrons. The maximum atomic E-state index is 12.7. The molecule has 1 aromatic rings. The van der Waals surface area contributed by atoms with Crippen molar-refractivity contribution < 1.29 is 14.3 Å². The number of nitrogens with two attached hydrogens (primary N) is 1. The second-order valence-electron chi connectivity index (χ2n) is 7.33. The molecular formula is C17H28N4O3S. The first-order chi connectivity index (χ1) is 11.9.